The van der Waals surface area contributed by atoms with Crippen LogP contribution in [-0.2, 0) is 11.3 Å². The fraction of sp³-hybridized carbons (Fsp3) is 0.600. The summed E-state index contributed by atoms with van der Waals surface area (Å²) in [4.78, 5) is 12.9. The van der Waals surface area contributed by atoms with Gasteiger partial charge in [-0.2, -0.15) is 0 Å². The zero-order chi connectivity index (χ0) is 9.80. The number of hydrogen-bond acceptors (Lipinski definition) is 4. The van der Waals surface area contributed by atoms with Gasteiger partial charge in [0.05, 0.1) is 6.20 Å². The molecular formula is C10H14N2O2. The minimum Gasteiger partial charge on any atom is -0.364 e. The first-order valence-corrected chi connectivity index (χ1v) is 4.94. The topological polar surface area (TPSA) is 46.3 Å². The molecule has 0 radical (unpaired) electrons. The average Bonchev–Trinajstić information content (AvgIpc) is 2.71. The van der Waals surface area contributed by atoms with Gasteiger partial charge in [0.1, 0.15) is 12.5 Å². The second-order valence-electron chi connectivity index (χ2n) is 3.81. The fourth-order valence-corrected chi connectivity index (χ4v) is 1.91. The van der Waals surface area contributed by atoms with Crippen molar-refractivity contribution in [2.45, 2.75) is 19.4 Å². The number of aromatic nitrogens is 1. The standard InChI is InChI=1S/C10H14N2O2/c13-7-9-2-1-3-12(5-9)6-10-4-11-14-8-10/h4,7-9H,1-3,5-6H2. The van der Waals surface area contributed by atoms with E-state index in [1.165, 1.54) is 0 Å². The molecule has 0 aromatic carbocycles. The lowest BCUT2D eigenvalue weighted by Crippen LogP contribution is -2.35. The quantitative estimate of drug-likeness (QED) is 0.676. The number of hydrogen-bond donors (Lipinski definition) is 0. The monoisotopic (exact) mass is 194 g/mol. The zero-order valence-electron chi connectivity index (χ0n) is 8.06. The Morgan fingerprint density at radius 3 is 3.36 bits per heavy atom. The van der Waals surface area contributed by atoms with E-state index >= 15 is 0 Å². The van der Waals surface area contributed by atoms with E-state index in [0.29, 0.717) is 0 Å². The Labute approximate surface area is 82.9 Å². The van der Waals surface area contributed by atoms with Crippen molar-refractivity contribution in [3.8, 4) is 0 Å². The molecule has 1 fully saturated rings. The first kappa shape index (κ1) is 9.40. The Kier molecular flexibility index (Phi) is 2.93. The highest BCUT2D eigenvalue weighted by molar-refractivity contribution is 5.53. The summed E-state index contributed by atoms with van der Waals surface area (Å²) in [7, 11) is 0. The van der Waals surface area contributed by atoms with Crippen LogP contribution in [0.4, 0.5) is 0 Å². The van der Waals surface area contributed by atoms with E-state index in [4.69, 9.17) is 4.52 Å². The lowest BCUT2D eigenvalue weighted by atomic mass is 9.99. The first-order chi connectivity index (χ1) is 6.88. The van der Waals surface area contributed by atoms with Gasteiger partial charge in [-0.05, 0) is 19.4 Å². The van der Waals surface area contributed by atoms with Crippen molar-refractivity contribution in [3.05, 3.63) is 18.0 Å². The van der Waals surface area contributed by atoms with Gasteiger partial charge in [0.2, 0.25) is 0 Å². The van der Waals surface area contributed by atoms with Crippen LogP contribution in [0, 0.1) is 5.92 Å². The van der Waals surface area contributed by atoms with E-state index in [9.17, 15) is 4.79 Å². The maximum Gasteiger partial charge on any atom is 0.128 e. The summed E-state index contributed by atoms with van der Waals surface area (Å²) in [6, 6.07) is 0. The number of piperidine rings is 1. The van der Waals surface area contributed by atoms with Crippen molar-refractivity contribution in [1.29, 1.82) is 0 Å². The van der Waals surface area contributed by atoms with Gasteiger partial charge in [0.25, 0.3) is 0 Å². The first-order valence-electron chi connectivity index (χ1n) is 4.94. The zero-order valence-corrected chi connectivity index (χ0v) is 8.06. The Balaban J connectivity index is 1.89. The SMILES string of the molecule is O=CC1CCCN(Cc2cnoc2)C1. The molecule has 4 nitrogen and oxygen atoms in total. The Morgan fingerprint density at radius 1 is 1.71 bits per heavy atom. The smallest absolute Gasteiger partial charge is 0.128 e. The molecule has 1 aliphatic heterocycles. The van der Waals surface area contributed by atoms with E-state index in [1.807, 2.05) is 0 Å². The number of aldehydes is 1. The second-order valence-corrected chi connectivity index (χ2v) is 3.81. The normalized spacial score (nSPS) is 23.6. The van der Waals surface area contributed by atoms with Crippen LogP contribution in [0.2, 0.25) is 0 Å². The minimum absolute atomic E-state index is 0.212. The van der Waals surface area contributed by atoms with Gasteiger partial charge in [0, 0.05) is 24.6 Å². The highest BCUT2D eigenvalue weighted by Crippen LogP contribution is 2.16. The van der Waals surface area contributed by atoms with Gasteiger partial charge in [-0.15, -0.1) is 0 Å². The molecule has 14 heavy (non-hydrogen) atoms. The molecule has 2 heterocycles. The van der Waals surface area contributed by atoms with Crippen molar-refractivity contribution < 1.29 is 9.32 Å². The van der Waals surface area contributed by atoms with Gasteiger partial charge < -0.3 is 9.32 Å². The Bertz CT molecular complexity index is 284. The molecular weight excluding hydrogens is 180 g/mol. The molecule has 0 aliphatic carbocycles. The predicted octanol–water partition coefficient (Wildman–Crippen LogP) is 1.09. The molecule has 1 atom stereocenters. The lowest BCUT2D eigenvalue weighted by molar-refractivity contribution is -0.112. The van der Waals surface area contributed by atoms with Crippen LogP contribution in [0.5, 0.6) is 0 Å². The third-order valence-electron chi connectivity index (χ3n) is 2.62. The van der Waals surface area contributed by atoms with Gasteiger partial charge in [-0.3, -0.25) is 4.90 Å². The summed E-state index contributed by atoms with van der Waals surface area (Å²) < 4.78 is 4.76. The van der Waals surface area contributed by atoms with Crippen molar-refractivity contribution in [1.82, 2.24) is 10.1 Å². The van der Waals surface area contributed by atoms with Crippen molar-refractivity contribution in [3.63, 3.8) is 0 Å². The summed E-state index contributed by atoms with van der Waals surface area (Å²) in [6.45, 7) is 2.78. The van der Waals surface area contributed by atoms with Crippen LogP contribution in [0.25, 0.3) is 0 Å². The van der Waals surface area contributed by atoms with Crippen LogP contribution in [-0.4, -0.2) is 29.4 Å². The van der Waals surface area contributed by atoms with Gasteiger partial charge in [-0.25, -0.2) is 0 Å². The molecule has 1 aliphatic rings. The maximum absolute atomic E-state index is 10.7. The van der Waals surface area contributed by atoms with Crippen LogP contribution >= 0.6 is 0 Å². The second kappa shape index (κ2) is 4.37. The fourth-order valence-electron chi connectivity index (χ4n) is 1.91. The average molecular weight is 194 g/mol. The molecule has 0 amide bonds. The van der Waals surface area contributed by atoms with Crippen LogP contribution in [0.3, 0.4) is 0 Å². The van der Waals surface area contributed by atoms with E-state index in [-0.39, 0.29) is 5.92 Å². The highest BCUT2D eigenvalue weighted by Gasteiger charge is 2.19. The van der Waals surface area contributed by atoms with E-state index in [0.717, 1.165) is 44.3 Å². The van der Waals surface area contributed by atoms with Crippen LogP contribution < -0.4 is 0 Å². The summed E-state index contributed by atoms with van der Waals surface area (Å²) in [5, 5.41) is 3.66. The van der Waals surface area contributed by atoms with Crippen molar-refractivity contribution in [2.75, 3.05) is 13.1 Å². The van der Waals surface area contributed by atoms with E-state index in [1.54, 1.807) is 12.5 Å². The molecule has 76 valence electrons. The van der Waals surface area contributed by atoms with Gasteiger partial charge in [0.15, 0.2) is 0 Å². The minimum atomic E-state index is 0.212. The van der Waals surface area contributed by atoms with Gasteiger partial charge in [-0.1, -0.05) is 5.16 Å². The predicted molar refractivity (Wildman–Crippen MR) is 50.6 cm³/mol. The largest absolute Gasteiger partial charge is 0.364 e. The molecule has 1 unspecified atom stereocenters. The number of carbonyl (C=O) groups excluding carboxylic acids is 1. The number of likely N-dealkylation sites (tertiary alicyclic amines) is 1. The molecule has 0 N–H and O–H groups in total. The third-order valence-corrected chi connectivity index (χ3v) is 2.62. The molecule has 1 aromatic heterocycles. The molecule has 4 heteroatoms. The van der Waals surface area contributed by atoms with Crippen LogP contribution in [0.15, 0.2) is 17.0 Å². The number of carbonyl (C=O) groups is 1. The van der Waals surface area contributed by atoms with Crippen LogP contribution in [0.1, 0.15) is 18.4 Å². The number of rotatable bonds is 3. The molecule has 1 saturated heterocycles. The lowest BCUT2D eigenvalue weighted by Gasteiger charge is -2.29. The number of nitrogens with zero attached hydrogens (tertiary/aromatic N) is 2. The Hall–Kier alpha value is -1.16. The summed E-state index contributed by atoms with van der Waals surface area (Å²) in [5.41, 5.74) is 1.08. The summed E-state index contributed by atoms with van der Waals surface area (Å²) in [6.07, 6.45) is 6.59. The molecule has 2 rings (SSSR count). The Morgan fingerprint density at radius 2 is 2.64 bits per heavy atom. The molecule has 0 saturated carbocycles. The molecule has 0 spiro atoms. The molecule has 1 aromatic rings. The molecule has 0 bridgehead atoms. The third kappa shape index (κ3) is 2.20. The maximum atomic E-state index is 10.7. The highest BCUT2D eigenvalue weighted by atomic mass is 16.5. The summed E-state index contributed by atoms with van der Waals surface area (Å²) in [5.74, 6) is 0.212. The van der Waals surface area contributed by atoms with Crippen molar-refractivity contribution >= 4 is 6.29 Å². The summed E-state index contributed by atoms with van der Waals surface area (Å²) >= 11 is 0. The van der Waals surface area contributed by atoms with E-state index < -0.39 is 0 Å². The van der Waals surface area contributed by atoms with E-state index in [2.05, 4.69) is 10.1 Å². The van der Waals surface area contributed by atoms with Crippen molar-refractivity contribution in [2.24, 2.45) is 5.92 Å². The van der Waals surface area contributed by atoms with Gasteiger partial charge >= 0.3 is 0 Å².